The molecule has 2 unspecified atom stereocenters. The maximum Gasteiger partial charge on any atom is 0.436 e. The van der Waals surface area contributed by atoms with E-state index in [1.807, 2.05) is 0 Å². The van der Waals surface area contributed by atoms with Crippen molar-refractivity contribution in [3.63, 3.8) is 0 Å². The molecule has 0 aliphatic rings. The average Bonchev–Trinajstić information content (AvgIpc) is 2.82. The van der Waals surface area contributed by atoms with Crippen LogP contribution in [0.2, 0.25) is 0 Å². The molecule has 0 aromatic heterocycles. The number of hydrogen-bond acceptors (Lipinski definition) is 3. The molecule has 0 radical (unpaired) electrons. The van der Waals surface area contributed by atoms with Gasteiger partial charge in [-0.15, -0.1) is 0 Å². The number of carbonyl (C=O) groups is 1. The third kappa shape index (κ3) is 4.12. The van der Waals surface area contributed by atoms with Crippen molar-refractivity contribution >= 4 is 16.3 Å². The van der Waals surface area contributed by atoms with Crippen molar-refractivity contribution in [1.29, 1.82) is 0 Å². The Hall–Kier alpha value is -2.84. The van der Waals surface area contributed by atoms with Crippen LogP contribution < -0.4 is 0 Å². The Morgan fingerprint density at radius 1 is 0.812 bits per heavy atom. The highest BCUT2D eigenvalue weighted by Gasteiger charge is 2.68. The summed E-state index contributed by atoms with van der Waals surface area (Å²) in [6.45, 7) is 1.16. The van der Waals surface area contributed by atoms with Crippen molar-refractivity contribution in [3.05, 3.63) is 91.0 Å². The first-order chi connectivity index (χ1) is 15.2. The van der Waals surface area contributed by atoms with Gasteiger partial charge in [0.1, 0.15) is 6.10 Å². The summed E-state index contributed by atoms with van der Waals surface area (Å²) in [6, 6.07) is 24.8. The molecule has 0 aliphatic carbocycles. The predicted molar refractivity (Wildman–Crippen MR) is 114 cm³/mol. The summed E-state index contributed by atoms with van der Waals surface area (Å²) in [6.07, 6.45) is -8.92. The first kappa shape index (κ1) is 23.8. The molecule has 0 saturated heterocycles. The summed E-state index contributed by atoms with van der Waals surface area (Å²) < 4.78 is 62.2. The number of aliphatic hydroxyl groups excluding tert-OH is 1. The monoisotopic (exact) mass is 466 g/mol. The van der Waals surface area contributed by atoms with Gasteiger partial charge in [0.25, 0.3) is 0 Å². The van der Waals surface area contributed by atoms with Gasteiger partial charge in [0, 0.05) is 14.7 Å². The molecule has 3 aromatic rings. The smallest absolute Gasteiger partial charge is 0.399 e. The van der Waals surface area contributed by atoms with Crippen molar-refractivity contribution in [2.24, 2.45) is 0 Å². The van der Waals surface area contributed by atoms with Gasteiger partial charge in [-0.2, -0.15) is 13.2 Å². The van der Waals surface area contributed by atoms with E-state index in [1.165, 1.54) is 0 Å². The van der Waals surface area contributed by atoms with E-state index in [4.69, 9.17) is 4.18 Å². The van der Waals surface area contributed by atoms with Crippen LogP contribution in [0.15, 0.2) is 106 Å². The maximum atomic E-state index is 15.3. The topological polar surface area (TPSA) is 46.5 Å². The second-order valence-corrected chi connectivity index (χ2v) is 9.69. The minimum atomic E-state index is -5.67. The Labute approximate surface area is 185 Å². The number of alkyl halides is 4. The molecule has 2 atom stereocenters. The van der Waals surface area contributed by atoms with Gasteiger partial charge in [-0.1, -0.05) is 61.5 Å². The maximum absolute atomic E-state index is 15.3. The van der Waals surface area contributed by atoms with Gasteiger partial charge in [0.2, 0.25) is 0 Å². The van der Waals surface area contributed by atoms with Crippen LogP contribution in [-0.4, -0.2) is 29.0 Å². The lowest BCUT2D eigenvalue weighted by Crippen LogP contribution is -2.57. The summed E-state index contributed by atoms with van der Waals surface area (Å²) in [7, 11) is -3.12. The van der Waals surface area contributed by atoms with E-state index >= 15 is 4.39 Å². The third-order valence-electron chi connectivity index (χ3n) is 4.98. The van der Waals surface area contributed by atoms with Gasteiger partial charge in [-0.3, -0.25) is 0 Å². The Morgan fingerprint density at radius 3 is 1.44 bits per heavy atom. The van der Waals surface area contributed by atoms with Crippen LogP contribution >= 0.6 is 10.3 Å². The molecule has 32 heavy (non-hydrogen) atoms. The van der Waals surface area contributed by atoms with Crippen molar-refractivity contribution in [2.45, 2.75) is 46.0 Å². The van der Waals surface area contributed by atoms with Crippen molar-refractivity contribution < 1.29 is 31.6 Å². The highest BCUT2D eigenvalue weighted by molar-refractivity contribution is 8.30. The van der Waals surface area contributed by atoms with Gasteiger partial charge in [-0.05, 0) is 53.1 Å². The highest BCUT2D eigenvalue weighted by atomic mass is 32.3. The van der Waals surface area contributed by atoms with Crippen molar-refractivity contribution in [3.8, 4) is 0 Å². The molecule has 0 fully saturated rings. The fraction of sp³-hybridized carbons (Fsp3) is 0.208. The zero-order chi connectivity index (χ0) is 23.4. The molecule has 0 aliphatic heterocycles. The summed E-state index contributed by atoms with van der Waals surface area (Å²) in [5, 5.41) is 9.90. The molecule has 0 spiro atoms. The molecule has 3 nitrogen and oxygen atoms in total. The number of carbonyl (C=O) groups excluding carboxylic acids is 1. The fourth-order valence-electron chi connectivity index (χ4n) is 3.29. The summed E-state index contributed by atoms with van der Waals surface area (Å²) in [5.74, 6) is -2.18. The number of halogens is 4. The Kier molecular flexibility index (Phi) is 6.95. The van der Waals surface area contributed by atoms with Crippen LogP contribution in [0.1, 0.15) is 13.3 Å². The highest BCUT2D eigenvalue weighted by Crippen LogP contribution is 2.69. The first-order valence-corrected chi connectivity index (χ1v) is 11.4. The van der Waals surface area contributed by atoms with Gasteiger partial charge in [0.15, 0.2) is 0 Å². The second-order valence-electron chi connectivity index (χ2n) is 7.00. The van der Waals surface area contributed by atoms with Crippen molar-refractivity contribution in [1.82, 2.24) is 0 Å². The molecule has 0 bridgehead atoms. The van der Waals surface area contributed by atoms with E-state index in [9.17, 15) is 23.1 Å². The number of aliphatic hydroxyl groups is 1. The van der Waals surface area contributed by atoms with Crippen molar-refractivity contribution in [2.75, 3.05) is 0 Å². The summed E-state index contributed by atoms with van der Waals surface area (Å²) in [5.41, 5.74) is -4.58. The Morgan fingerprint density at radius 2 is 1.16 bits per heavy atom. The van der Waals surface area contributed by atoms with E-state index < -0.39 is 40.6 Å². The van der Waals surface area contributed by atoms with Gasteiger partial charge in [0.05, 0.1) is 0 Å². The van der Waals surface area contributed by atoms with Gasteiger partial charge < -0.3 is 9.29 Å². The SMILES string of the molecule is CCC(O)C(F)(C(=O)OS(c1ccccc1)(c1ccccc1)c1ccccc1)C(F)(F)F. The molecule has 0 heterocycles. The Balaban J connectivity index is 2.29. The van der Waals surface area contributed by atoms with Crippen LogP contribution in [0, 0.1) is 0 Å². The molecule has 8 heteroatoms. The zero-order valence-corrected chi connectivity index (χ0v) is 17.9. The second kappa shape index (κ2) is 9.34. The average molecular weight is 466 g/mol. The standard InChI is InChI=1S/C24H22F4O3S/c1-2-21(29)23(25,24(26,27)28)22(30)31-32(18-12-6-3-7-13-18,19-14-8-4-9-15-19)20-16-10-5-11-17-20/h3-17,21,29H,2H2,1H3. The Bertz CT molecular complexity index is 933. The number of rotatable bonds is 7. The van der Waals surface area contributed by atoms with E-state index in [0.717, 1.165) is 6.92 Å². The van der Waals surface area contributed by atoms with Crippen LogP contribution in [0.4, 0.5) is 17.6 Å². The molecule has 0 saturated carbocycles. The van der Waals surface area contributed by atoms with E-state index in [-0.39, 0.29) is 0 Å². The minimum Gasteiger partial charge on any atom is -0.399 e. The summed E-state index contributed by atoms with van der Waals surface area (Å²) >= 11 is 0. The summed E-state index contributed by atoms with van der Waals surface area (Å²) in [4.78, 5) is 14.2. The molecular weight excluding hydrogens is 444 g/mol. The van der Waals surface area contributed by atoms with E-state index in [1.54, 1.807) is 91.0 Å². The van der Waals surface area contributed by atoms with Crippen LogP contribution in [0.3, 0.4) is 0 Å². The third-order valence-corrected chi connectivity index (χ3v) is 8.19. The van der Waals surface area contributed by atoms with E-state index in [2.05, 4.69) is 0 Å². The zero-order valence-electron chi connectivity index (χ0n) is 17.1. The van der Waals surface area contributed by atoms with Crippen LogP contribution in [-0.2, 0) is 8.98 Å². The predicted octanol–water partition coefficient (Wildman–Crippen LogP) is 6.47. The minimum absolute atomic E-state index is 0.404. The first-order valence-electron chi connectivity index (χ1n) is 9.84. The molecule has 170 valence electrons. The fourth-order valence-corrected chi connectivity index (χ4v) is 6.36. The van der Waals surface area contributed by atoms with Crippen LogP contribution in [0.25, 0.3) is 0 Å². The van der Waals surface area contributed by atoms with E-state index in [0.29, 0.717) is 14.7 Å². The normalized spacial score (nSPS) is 15.4. The lowest BCUT2D eigenvalue weighted by molar-refractivity contribution is -0.258. The molecule has 1 N–H and O–H groups in total. The van der Waals surface area contributed by atoms with Crippen LogP contribution in [0.5, 0.6) is 0 Å². The lowest BCUT2D eigenvalue weighted by Gasteiger charge is -2.42. The molecule has 0 amide bonds. The number of hydrogen-bond donors (Lipinski definition) is 1. The van der Waals surface area contributed by atoms with Gasteiger partial charge in [-0.25, -0.2) is 9.18 Å². The molecule has 3 rings (SSSR count). The van der Waals surface area contributed by atoms with Gasteiger partial charge >= 0.3 is 17.8 Å². The molecule has 3 aromatic carbocycles. The number of benzene rings is 3. The quantitative estimate of drug-likeness (QED) is 0.406. The largest absolute Gasteiger partial charge is 0.436 e. The molecular formula is C24H22F4O3S. The lowest BCUT2D eigenvalue weighted by atomic mass is 9.96.